The quantitative estimate of drug-likeness (QED) is 0.289. The Kier molecular flexibility index (Phi) is 5.32. The van der Waals surface area contributed by atoms with E-state index in [0.29, 0.717) is 34.1 Å². The van der Waals surface area contributed by atoms with Crippen LogP contribution in [-0.2, 0) is 11.3 Å². The molecule has 1 N–H and O–H groups in total. The predicted octanol–water partition coefficient (Wildman–Crippen LogP) is 3.01. The maximum Gasteiger partial charge on any atom is 0.263 e. The van der Waals surface area contributed by atoms with Crippen molar-refractivity contribution in [1.82, 2.24) is 24.1 Å². The van der Waals surface area contributed by atoms with Crippen LogP contribution in [0.4, 0.5) is 5.69 Å². The summed E-state index contributed by atoms with van der Waals surface area (Å²) in [5.74, 6) is 0.221. The summed E-state index contributed by atoms with van der Waals surface area (Å²) >= 11 is 7.18. The van der Waals surface area contributed by atoms with E-state index in [-0.39, 0.29) is 22.4 Å². The van der Waals surface area contributed by atoms with Gasteiger partial charge in [-0.05, 0) is 24.3 Å². The van der Waals surface area contributed by atoms with Crippen LogP contribution in [0.1, 0.15) is 0 Å². The molecule has 1 aromatic carbocycles. The molecule has 29 heavy (non-hydrogen) atoms. The van der Waals surface area contributed by atoms with Gasteiger partial charge in [0.2, 0.25) is 11.7 Å². The topological polar surface area (TPSA) is 94.2 Å². The maximum atomic E-state index is 12.8. The van der Waals surface area contributed by atoms with E-state index >= 15 is 0 Å². The van der Waals surface area contributed by atoms with Gasteiger partial charge in [-0.1, -0.05) is 41.6 Å². The van der Waals surface area contributed by atoms with Gasteiger partial charge in [-0.25, -0.2) is 4.98 Å². The minimum atomic E-state index is -0.259. The number of rotatable bonds is 6. The van der Waals surface area contributed by atoms with Crippen LogP contribution in [0.15, 0.2) is 65.2 Å². The Hall–Kier alpha value is -3.17. The summed E-state index contributed by atoms with van der Waals surface area (Å²) in [7, 11) is 0. The Labute approximate surface area is 174 Å². The van der Waals surface area contributed by atoms with Crippen molar-refractivity contribution in [2.24, 2.45) is 0 Å². The van der Waals surface area contributed by atoms with Gasteiger partial charge in [-0.3, -0.25) is 18.6 Å². The summed E-state index contributed by atoms with van der Waals surface area (Å²) in [6.07, 6.45) is 3.17. The van der Waals surface area contributed by atoms with Gasteiger partial charge >= 0.3 is 0 Å². The van der Waals surface area contributed by atoms with E-state index in [1.165, 1.54) is 16.3 Å². The molecule has 0 aliphatic carbocycles. The Bertz CT molecular complexity index is 1300. The van der Waals surface area contributed by atoms with E-state index in [1.807, 2.05) is 12.1 Å². The number of allylic oxidation sites excluding steroid dienone is 1. The molecule has 8 nitrogen and oxygen atoms in total. The molecule has 3 heterocycles. The highest BCUT2D eigenvalue weighted by Crippen LogP contribution is 2.23. The Morgan fingerprint density at radius 1 is 1.24 bits per heavy atom. The number of hydrogen-bond acceptors (Lipinski definition) is 6. The number of anilines is 1. The first-order valence-electron chi connectivity index (χ1n) is 8.61. The number of nitrogens with zero attached hydrogens (tertiary/aromatic N) is 5. The molecule has 0 bridgehead atoms. The summed E-state index contributed by atoms with van der Waals surface area (Å²) < 4.78 is 3.27. The second kappa shape index (κ2) is 8.06. The van der Waals surface area contributed by atoms with Crippen molar-refractivity contribution < 1.29 is 4.79 Å². The lowest BCUT2D eigenvalue weighted by atomic mass is 10.2. The van der Waals surface area contributed by atoms with Gasteiger partial charge in [0.1, 0.15) is 0 Å². The molecular formula is C19H15ClN6O2S. The van der Waals surface area contributed by atoms with Crippen molar-refractivity contribution in [3.63, 3.8) is 0 Å². The van der Waals surface area contributed by atoms with Crippen molar-refractivity contribution in [2.75, 3.05) is 11.1 Å². The summed E-state index contributed by atoms with van der Waals surface area (Å²) in [6, 6.07) is 10.6. The van der Waals surface area contributed by atoms with E-state index in [1.54, 1.807) is 40.9 Å². The third kappa shape index (κ3) is 3.62. The SMILES string of the molecule is C=CCn1c(=O)c2ccccc2n2c(SCC(=O)Nc3cccnc3Cl)nnc12. The molecule has 146 valence electrons. The Balaban J connectivity index is 1.68. The number of carbonyl (C=O) groups excluding carboxylic acids is 1. The summed E-state index contributed by atoms with van der Waals surface area (Å²) in [5.41, 5.74) is 0.952. The number of aromatic nitrogens is 5. The van der Waals surface area contributed by atoms with Crippen LogP contribution in [0.5, 0.6) is 0 Å². The molecule has 10 heteroatoms. The Morgan fingerprint density at radius 2 is 2.07 bits per heavy atom. The molecule has 0 aliphatic heterocycles. The summed E-state index contributed by atoms with van der Waals surface area (Å²) in [5, 5.41) is 12.3. The average Bonchev–Trinajstić information content (AvgIpc) is 3.15. The zero-order valence-corrected chi connectivity index (χ0v) is 16.7. The fraction of sp³-hybridized carbons (Fsp3) is 0.105. The highest BCUT2D eigenvalue weighted by molar-refractivity contribution is 7.99. The number of benzene rings is 1. The van der Waals surface area contributed by atoms with Gasteiger partial charge in [0.25, 0.3) is 5.56 Å². The number of halogens is 1. The number of carbonyl (C=O) groups is 1. The normalized spacial score (nSPS) is 11.1. The number of amides is 1. The molecule has 0 saturated carbocycles. The molecule has 3 aromatic heterocycles. The van der Waals surface area contributed by atoms with Gasteiger partial charge in [0, 0.05) is 12.7 Å². The van der Waals surface area contributed by atoms with Gasteiger partial charge in [0.05, 0.1) is 22.3 Å². The van der Waals surface area contributed by atoms with Gasteiger partial charge in [-0.15, -0.1) is 16.8 Å². The number of para-hydroxylation sites is 1. The fourth-order valence-corrected chi connectivity index (χ4v) is 3.82. The smallest absolute Gasteiger partial charge is 0.263 e. The van der Waals surface area contributed by atoms with Gasteiger partial charge in [0.15, 0.2) is 10.3 Å². The van der Waals surface area contributed by atoms with Crippen LogP contribution in [0.3, 0.4) is 0 Å². The second-order valence-corrected chi connectivity index (χ2v) is 7.32. The van der Waals surface area contributed by atoms with Crippen LogP contribution in [0, 0.1) is 0 Å². The highest BCUT2D eigenvalue weighted by Gasteiger charge is 2.17. The molecule has 4 aromatic rings. The lowest BCUT2D eigenvalue weighted by Crippen LogP contribution is -2.22. The number of pyridine rings is 1. The molecule has 0 atom stereocenters. The molecule has 0 spiro atoms. The van der Waals surface area contributed by atoms with E-state index in [4.69, 9.17) is 11.6 Å². The zero-order chi connectivity index (χ0) is 20.4. The number of nitrogens with one attached hydrogen (secondary N) is 1. The van der Waals surface area contributed by atoms with Crippen LogP contribution < -0.4 is 10.9 Å². The van der Waals surface area contributed by atoms with Gasteiger partial charge in [-0.2, -0.15) is 0 Å². The molecule has 1 amide bonds. The van der Waals surface area contributed by atoms with Crippen LogP contribution in [-0.4, -0.2) is 35.8 Å². The van der Waals surface area contributed by atoms with Crippen molar-refractivity contribution in [3.05, 3.63) is 70.8 Å². The van der Waals surface area contributed by atoms with Crippen molar-refractivity contribution >= 4 is 51.6 Å². The average molecular weight is 427 g/mol. The van der Waals surface area contributed by atoms with Crippen LogP contribution in [0.2, 0.25) is 5.15 Å². The maximum absolute atomic E-state index is 12.8. The van der Waals surface area contributed by atoms with Gasteiger partial charge < -0.3 is 5.32 Å². The predicted molar refractivity (Wildman–Crippen MR) is 114 cm³/mol. The summed E-state index contributed by atoms with van der Waals surface area (Å²) in [6.45, 7) is 4.01. The monoisotopic (exact) mass is 426 g/mol. The molecule has 0 unspecified atom stereocenters. The highest BCUT2D eigenvalue weighted by atomic mass is 35.5. The minimum absolute atomic E-state index is 0.0843. The molecule has 0 aliphatic rings. The molecule has 0 radical (unpaired) electrons. The molecule has 4 rings (SSSR count). The second-order valence-electron chi connectivity index (χ2n) is 6.02. The first-order chi connectivity index (χ1) is 14.1. The van der Waals surface area contributed by atoms with E-state index in [0.717, 1.165) is 0 Å². The summed E-state index contributed by atoms with van der Waals surface area (Å²) in [4.78, 5) is 29.1. The molecular weight excluding hydrogens is 412 g/mol. The molecule has 0 fully saturated rings. The standard InChI is InChI=1S/C19H15ClN6O2S/c1-2-10-25-17(28)12-6-3-4-8-14(12)26-18(25)23-24-19(26)29-11-15(27)22-13-7-5-9-21-16(13)20/h2-9H,1,10-11H2,(H,22,27). The van der Waals surface area contributed by atoms with E-state index < -0.39 is 0 Å². The minimum Gasteiger partial charge on any atom is -0.323 e. The third-order valence-electron chi connectivity index (χ3n) is 4.16. The van der Waals surface area contributed by atoms with Crippen LogP contribution in [0.25, 0.3) is 16.7 Å². The zero-order valence-electron chi connectivity index (χ0n) is 15.1. The van der Waals surface area contributed by atoms with Crippen LogP contribution >= 0.6 is 23.4 Å². The Morgan fingerprint density at radius 3 is 2.86 bits per heavy atom. The van der Waals surface area contributed by atoms with E-state index in [9.17, 15) is 9.59 Å². The number of hydrogen-bond donors (Lipinski definition) is 1. The van der Waals surface area contributed by atoms with Crippen molar-refractivity contribution in [2.45, 2.75) is 11.7 Å². The van der Waals surface area contributed by atoms with Crippen molar-refractivity contribution in [3.8, 4) is 0 Å². The number of thioether (sulfide) groups is 1. The molecule has 0 saturated heterocycles. The number of fused-ring (bicyclic) bond motifs is 3. The first kappa shape index (κ1) is 19.2. The van der Waals surface area contributed by atoms with Crippen molar-refractivity contribution in [1.29, 1.82) is 0 Å². The fourth-order valence-electron chi connectivity index (χ4n) is 2.92. The lowest BCUT2D eigenvalue weighted by molar-refractivity contribution is -0.113. The lowest BCUT2D eigenvalue weighted by Gasteiger charge is -2.09. The van der Waals surface area contributed by atoms with E-state index in [2.05, 4.69) is 27.1 Å². The largest absolute Gasteiger partial charge is 0.323 e. The third-order valence-corrected chi connectivity index (χ3v) is 5.39. The first-order valence-corrected chi connectivity index (χ1v) is 9.97.